The number of nitrogens with zero attached hydrogens (tertiary/aromatic N) is 3. The van der Waals surface area contributed by atoms with Crippen molar-refractivity contribution in [1.29, 1.82) is 0 Å². The molecule has 4 aliphatic rings. The number of esters is 2. The van der Waals surface area contributed by atoms with Crippen LogP contribution in [0.3, 0.4) is 0 Å². The number of halogens is 2. The van der Waals surface area contributed by atoms with E-state index in [-0.39, 0.29) is 65.3 Å². The summed E-state index contributed by atoms with van der Waals surface area (Å²) < 4.78 is 28.3. The molecule has 15 nitrogen and oxygen atoms in total. The second-order valence-electron chi connectivity index (χ2n) is 17.1. The highest BCUT2D eigenvalue weighted by Gasteiger charge is 2.54. The molecule has 3 fully saturated rings. The summed E-state index contributed by atoms with van der Waals surface area (Å²) in [5, 5.41) is 17.0. The highest BCUT2D eigenvalue weighted by Crippen LogP contribution is 2.43. The van der Waals surface area contributed by atoms with Gasteiger partial charge in [-0.3, -0.25) is 28.9 Å². The average molecular weight is 957 g/mol. The summed E-state index contributed by atoms with van der Waals surface area (Å²) >= 11 is 9.75. The van der Waals surface area contributed by atoms with Gasteiger partial charge in [0.2, 0.25) is 17.2 Å². The number of thioether (sulfide) groups is 1. The number of carboxylic acid groups (broad SMARTS) is 1. The van der Waals surface area contributed by atoms with Crippen molar-refractivity contribution in [3.63, 3.8) is 0 Å². The molecule has 1 saturated carbocycles. The van der Waals surface area contributed by atoms with E-state index in [1.165, 1.54) is 41.1 Å². The molecule has 19 heteroatoms. The summed E-state index contributed by atoms with van der Waals surface area (Å²) in [6.07, 6.45) is 12.8. The summed E-state index contributed by atoms with van der Waals surface area (Å²) in [5.41, 5.74) is -0.130. The first kappa shape index (κ1) is 48.0. The topological polar surface area (TPSA) is 194 Å². The fraction of sp³-hybridized carbons (Fsp3) is 0.543. The van der Waals surface area contributed by atoms with Crippen LogP contribution in [0, 0.1) is 5.82 Å². The van der Waals surface area contributed by atoms with Crippen LogP contribution in [0.5, 0.6) is 0 Å². The normalized spacial score (nSPS) is 19.6. The molecule has 5 heterocycles. The number of ether oxygens (including phenoxy) is 2. The molecule has 0 unspecified atom stereocenters. The van der Waals surface area contributed by atoms with Crippen LogP contribution in [0.1, 0.15) is 118 Å². The zero-order chi connectivity index (χ0) is 46.2. The van der Waals surface area contributed by atoms with Gasteiger partial charge in [-0.25, -0.2) is 14.0 Å². The lowest BCUT2D eigenvalue weighted by atomic mass is 10.0. The van der Waals surface area contributed by atoms with Gasteiger partial charge in [0.1, 0.15) is 35.1 Å². The van der Waals surface area contributed by atoms with E-state index in [0.717, 1.165) is 88.0 Å². The summed E-state index contributed by atoms with van der Waals surface area (Å²) in [7, 11) is 0. The van der Waals surface area contributed by atoms with E-state index in [4.69, 9.17) is 21.1 Å². The third-order valence-electron chi connectivity index (χ3n) is 12.2. The minimum atomic E-state index is -1.37. The Kier molecular flexibility index (Phi) is 16.3. The molecule has 3 aromatic rings. The van der Waals surface area contributed by atoms with E-state index < -0.39 is 52.0 Å². The van der Waals surface area contributed by atoms with Crippen molar-refractivity contribution in [3.8, 4) is 0 Å². The Morgan fingerprint density at radius 2 is 1.69 bits per heavy atom. The molecular weight excluding hydrogens is 901 g/mol. The Labute approximate surface area is 389 Å². The first-order valence-electron chi connectivity index (χ1n) is 22.5. The van der Waals surface area contributed by atoms with E-state index in [9.17, 15) is 38.7 Å². The summed E-state index contributed by atoms with van der Waals surface area (Å²) in [6.45, 7) is 2.16. The van der Waals surface area contributed by atoms with Gasteiger partial charge in [-0.1, -0.05) is 56.2 Å². The summed E-state index contributed by atoms with van der Waals surface area (Å²) in [5.74, 6) is -3.64. The average Bonchev–Trinajstić information content (AvgIpc) is 4.04. The zero-order valence-corrected chi connectivity index (χ0v) is 38.8. The summed E-state index contributed by atoms with van der Waals surface area (Å²) in [6, 6.07) is 3.80. The second-order valence-corrected chi connectivity index (χ2v) is 19.6. The molecule has 3 atom stereocenters. The van der Waals surface area contributed by atoms with Crippen molar-refractivity contribution in [3.05, 3.63) is 72.5 Å². The molecule has 0 radical (unpaired) electrons. The fourth-order valence-corrected chi connectivity index (χ4v) is 11.2. The van der Waals surface area contributed by atoms with Gasteiger partial charge in [0.05, 0.1) is 34.6 Å². The third kappa shape index (κ3) is 11.7. The maximum absolute atomic E-state index is 15.8. The van der Waals surface area contributed by atoms with Crippen molar-refractivity contribution < 1.29 is 47.7 Å². The Morgan fingerprint density at radius 3 is 2.38 bits per heavy atom. The Morgan fingerprint density at radius 1 is 0.954 bits per heavy atom. The number of hydrogen-bond acceptors (Lipinski definition) is 12. The number of pyridine rings is 1. The number of β-lactam (4-membered cyclic amide) rings is 1. The molecule has 1 aromatic carbocycles. The Bertz CT molecular complexity index is 2390. The number of carboxylic acids is 1. The van der Waals surface area contributed by atoms with Gasteiger partial charge in [-0.2, -0.15) is 0 Å². The summed E-state index contributed by atoms with van der Waals surface area (Å²) in [4.78, 5) is 92.8. The molecule has 3 amide bonds. The molecule has 0 spiro atoms. The minimum absolute atomic E-state index is 0.0146. The van der Waals surface area contributed by atoms with Crippen LogP contribution in [-0.2, 0) is 39.9 Å². The molecular formula is C46H55ClFN5O10S2. The van der Waals surface area contributed by atoms with Crippen molar-refractivity contribution in [2.45, 2.75) is 127 Å². The van der Waals surface area contributed by atoms with Crippen LogP contribution in [0.15, 0.2) is 45.8 Å². The third-order valence-corrected chi connectivity index (χ3v) is 14.7. The van der Waals surface area contributed by atoms with Gasteiger partial charge in [0, 0.05) is 60.9 Å². The quantitative estimate of drug-likeness (QED) is 0.0571. The fourth-order valence-electron chi connectivity index (χ4n) is 8.73. The van der Waals surface area contributed by atoms with E-state index in [1.807, 2.05) is 22.4 Å². The van der Waals surface area contributed by atoms with Gasteiger partial charge in [-0.05, 0) is 62.5 Å². The van der Waals surface area contributed by atoms with Crippen LogP contribution >= 0.6 is 34.7 Å². The molecule has 3 aliphatic heterocycles. The molecule has 2 aromatic heterocycles. The first-order valence-corrected chi connectivity index (χ1v) is 24.8. The predicted octanol–water partition coefficient (Wildman–Crippen LogP) is 6.88. The highest BCUT2D eigenvalue weighted by molar-refractivity contribution is 8.00. The van der Waals surface area contributed by atoms with E-state index >= 15 is 4.39 Å². The van der Waals surface area contributed by atoms with E-state index in [1.54, 1.807) is 4.57 Å². The number of amides is 3. The standard InChI is InChI=1S/C46H55ClFN5O10S2/c1-27(54)63-25-28-26-65-44-38(50-36(56)21-31-14-12-20-64-31)43(58)53(44)39(28)46(61)62-19-11-7-5-3-2-4-6-8-15-35(55)49-29-13-9-10-18-51(23-29)41-34(48)22-32-40(37(41)47)52(30-16-17-30)24-33(42(32)57)45(59)60/h12,14,20,22,24,29-30,38,44H,2-11,13,15-19,21,23,25-26H2,1H3,(H,49,55)(H,50,56)(H,59,60)/t29-,38+,44+/m0/s1. The Balaban J connectivity index is 0.799. The molecule has 350 valence electrons. The predicted molar refractivity (Wildman–Crippen MR) is 246 cm³/mol. The number of unbranched alkanes of at least 4 members (excludes halogenated alkanes) is 7. The number of anilines is 1. The molecule has 65 heavy (non-hydrogen) atoms. The zero-order valence-electron chi connectivity index (χ0n) is 36.4. The van der Waals surface area contributed by atoms with Gasteiger partial charge in [0.25, 0.3) is 5.91 Å². The molecule has 2 saturated heterocycles. The van der Waals surface area contributed by atoms with E-state index in [0.29, 0.717) is 42.8 Å². The van der Waals surface area contributed by atoms with Crippen LogP contribution < -0.4 is 21.0 Å². The number of aromatic carboxylic acids is 1. The van der Waals surface area contributed by atoms with Crippen molar-refractivity contribution in [2.75, 3.05) is 37.0 Å². The van der Waals surface area contributed by atoms with Crippen LogP contribution in [0.4, 0.5) is 10.1 Å². The lowest BCUT2D eigenvalue weighted by Gasteiger charge is -2.49. The molecule has 0 bridgehead atoms. The van der Waals surface area contributed by atoms with Gasteiger partial charge < -0.3 is 34.7 Å². The SMILES string of the molecule is CC(=O)OCC1=C(C(=O)OCCCCCCCCCCC(=O)N[C@H]2CCCCN(c3c(F)cc4c(=O)c(C(=O)O)cn(C5CC5)c4c3Cl)C2)N2C(=O)[C@@H](NC(=O)Cc3cccs3)[C@H]2SC1. The van der Waals surface area contributed by atoms with Crippen molar-refractivity contribution in [2.24, 2.45) is 0 Å². The highest BCUT2D eigenvalue weighted by atomic mass is 35.5. The second kappa shape index (κ2) is 22.0. The number of fused-ring (bicyclic) bond motifs is 2. The number of nitrogens with one attached hydrogen (secondary N) is 2. The Hall–Kier alpha value is -4.94. The van der Waals surface area contributed by atoms with Gasteiger partial charge in [-0.15, -0.1) is 23.1 Å². The smallest absolute Gasteiger partial charge is 0.355 e. The van der Waals surface area contributed by atoms with Crippen molar-refractivity contribution in [1.82, 2.24) is 20.1 Å². The first-order chi connectivity index (χ1) is 31.3. The molecule has 3 N–H and O–H groups in total. The number of thiophene rings is 1. The maximum Gasteiger partial charge on any atom is 0.355 e. The monoisotopic (exact) mass is 955 g/mol. The van der Waals surface area contributed by atoms with Gasteiger partial charge in [0.15, 0.2) is 0 Å². The number of aromatic nitrogens is 1. The number of carbonyl (C=O) groups is 6. The lowest BCUT2D eigenvalue weighted by molar-refractivity contribution is -0.153. The number of hydrogen-bond donors (Lipinski definition) is 3. The van der Waals surface area contributed by atoms with Gasteiger partial charge >= 0.3 is 17.9 Å². The van der Waals surface area contributed by atoms with Crippen molar-refractivity contribution >= 4 is 86.9 Å². The number of rotatable bonds is 21. The van der Waals surface area contributed by atoms with Crippen LogP contribution in [0.25, 0.3) is 10.9 Å². The largest absolute Gasteiger partial charge is 0.477 e. The minimum Gasteiger partial charge on any atom is -0.477 e. The number of carbonyl (C=O) groups excluding carboxylic acids is 5. The number of benzene rings is 1. The molecule has 7 rings (SSSR count). The van der Waals surface area contributed by atoms with E-state index in [2.05, 4.69) is 10.6 Å². The lowest BCUT2D eigenvalue weighted by Crippen LogP contribution is -2.70. The maximum atomic E-state index is 15.8. The molecule has 1 aliphatic carbocycles. The van der Waals surface area contributed by atoms with Crippen LogP contribution in [-0.4, -0.2) is 99.7 Å². The van der Waals surface area contributed by atoms with Crippen LogP contribution in [0.2, 0.25) is 5.02 Å².